The first-order valence-electron chi connectivity index (χ1n) is 7.19. The van der Waals surface area contributed by atoms with Gasteiger partial charge in [-0.2, -0.15) is 0 Å². The van der Waals surface area contributed by atoms with Crippen molar-refractivity contribution in [3.8, 4) is 0 Å². The van der Waals surface area contributed by atoms with Crippen molar-refractivity contribution in [2.45, 2.75) is 39.5 Å². The number of hydrogen-bond acceptors (Lipinski definition) is 3. The molecule has 1 amide bonds. The minimum Gasteiger partial charge on any atom is -0.379 e. The molecule has 1 fully saturated rings. The molecule has 0 aromatic rings. The van der Waals surface area contributed by atoms with Gasteiger partial charge in [0.25, 0.3) is 0 Å². The van der Waals surface area contributed by atoms with Crippen LogP contribution in [0.1, 0.15) is 39.5 Å². The molecule has 106 valence electrons. The standard InChI is InChI=1S/C14H28N2O2/c1-11(2)10-18-7-6-16-14(17)13-5-3-4-12(8-13)9-15/h11-13H,3-10,15H2,1-2H3,(H,16,17). The maximum absolute atomic E-state index is 11.9. The molecule has 0 saturated heterocycles. The first-order chi connectivity index (χ1) is 8.63. The minimum absolute atomic E-state index is 0.164. The molecule has 0 radical (unpaired) electrons. The molecule has 1 saturated carbocycles. The second kappa shape index (κ2) is 8.48. The van der Waals surface area contributed by atoms with Crippen LogP contribution in [0.5, 0.6) is 0 Å². The predicted octanol–water partition coefficient (Wildman–Crippen LogP) is 1.54. The fourth-order valence-electron chi connectivity index (χ4n) is 2.45. The van der Waals surface area contributed by atoms with E-state index >= 15 is 0 Å². The number of nitrogens with one attached hydrogen (secondary N) is 1. The average molecular weight is 256 g/mol. The van der Waals surface area contributed by atoms with E-state index in [1.54, 1.807) is 0 Å². The van der Waals surface area contributed by atoms with Gasteiger partial charge in [-0.25, -0.2) is 0 Å². The predicted molar refractivity (Wildman–Crippen MR) is 73.2 cm³/mol. The fourth-order valence-corrected chi connectivity index (χ4v) is 2.45. The lowest BCUT2D eigenvalue weighted by atomic mass is 9.81. The third-order valence-electron chi connectivity index (χ3n) is 3.48. The third-order valence-corrected chi connectivity index (χ3v) is 3.48. The molecule has 1 aliphatic rings. The van der Waals surface area contributed by atoms with Crippen molar-refractivity contribution >= 4 is 5.91 Å². The van der Waals surface area contributed by atoms with Gasteiger partial charge in [0.05, 0.1) is 6.61 Å². The van der Waals surface area contributed by atoms with Crippen molar-refractivity contribution in [1.82, 2.24) is 5.32 Å². The SMILES string of the molecule is CC(C)COCCNC(=O)C1CCCC(CN)C1. The van der Waals surface area contributed by atoms with E-state index in [4.69, 9.17) is 10.5 Å². The summed E-state index contributed by atoms with van der Waals surface area (Å²) >= 11 is 0. The summed E-state index contributed by atoms with van der Waals surface area (Å²) in [5.74, 6) is 1.43. The Bertz CT molecular complexity index is 244. The summed E-state index contributed by atoms with van der Waals surface area (Å²) in [6.07, 6.45) is 4.27. The van der Waals surface area contributed by atoms with Crippen molar-refractivity contribution in [1.29, 1.82) is 0 Å². The van der Waals surface area contributed by atoms with Gasteiger partial charge in [-0.3, -0.25) is 4.79 Å². The number of hydrogen-bond donors (Lipinski definition) is 2. The molecule has 1 rings (SSSR count). The van der Waals surface area contributed by atoms with Gasteiger partial charge in [-0.15, -0.1) is 0 Å². The number of amides is 1. The van der Waals surface area contributed by atoms with Gasteiger partial charge in [0.15, 0.2) is 0 Å². The van der Waals surface area contributed by atoms with Crippen LogP contribution in [0.15, 0.2) is 0 Å². The summed E-state index contributed by atoms with van der Waals surface area (Å²) < 4.78 is 5.44. The van der Waals surface area contributed by atoms with Gasteiger partial charge in [-0.1, -0.05) is 20.3 Å². The van der Waals surface area contributed by atoms with Crippen molar-refractivity contribution in [2.75, 3.05) is 26.3 Å². The van der Waals surface area contributed by atoms with E-state index in [1.807, 2.05) is 0 Å². The summed E-state index contributed by atoms with van der Waals surface area (Å²) in [5, 5.41) is 2.97. The van der Waals surface area contributed by atoms with Gasteiger partial charge >= 0.3 is 0 Å². The molecular formula is C14H28N2O2. The van der Waals surface area contributed by atoms with Crippen LogP contribution >= 0.6 is 0 Å². The van der Waals surface area contributed by atoms with Crippen LogP contribution in [0.3, 0.4) is 0 Å². The molecule has 3 N–H and O–H groups in total. The highest BCUT2D eigenvalue weighted by Crippen LogP contribution is 2.28. The van der Waals surface area contributed by atoms with Crippen molar-refractivity contribution < 1.29 is 9.53 Å². The molecule has 0 spiro atoms. The highest BCUT2D eigenvalue weighted by Gasteiger charge is 2.26. The van der Waals surface area contributed by atoms with E-state index in [2.05, 4.69) is 19.2 Å². The van der Waals surface area contributed by atoms with Crippen LogP contribution in [-0.4, -0.2) is 32.2 Å². The Kier molecular flexibility index (Phi) is 7.28. The van der Waals surface area contributed by atoms with Crippen LogP contribution < -0.4 is 11.1 Å². The summed E-state index contributed by atoms with van der Waals surface area (Å²) in [6, 6.07) is 0. The number of nitrogens with two attached hydrogens (primary N) is 1. The van der Waals surface area contributed by atoms with E-state index in [9.17, 15) is 4.79 Å². The Morgan fingerprint density at radius 2 is 2.22 bits per heavy atom. The highest BCUT2D eigenvalue weighted by atomic mass is 16.5. The largest absolute Gasteiger partial charge is 0.379 e. The Balaban J connectivity index is 2.12. The summed E-state index contributed by atoms with van der Waals surface area (Å²) in [4.78, 5) is 11.9. The van der Waals surface area contributed by atoms with E-state index in [1.165, 1.54) is 6.42 Å². The quantitative estimate of drug-likeness (QED) is 0.679. The van der Waals surface area contributed by atoms with Gasteiger partial charge in [0, 0.05) is 19.1 Å². The summed E-state index contributed by atoms with van der Waals surface area (Å²) in [7, 11) is 0. The van der Waals surface area contributed by atoms with Crippen LogP contribution in [0.25, 0.3) is 0 Å². The fraction of sp³-hybridized carbons (Fsp3) is 0.929. The van der Waals surface area contributed by atoms with Gasteiger partial charge in [0.2, 0.25) is 5.91 Å². The number of carbonyl (C=O) groups excluding carboxylic acids is 1. The normalized spacial score (nSPS) is 24.2. The van der Waals surface area contributed by atoms with Crippen molar-refractivity contribution in [3.63, 3.8) is 0 Å². The molecule has 1 aliphatic carbocycles. The zero-order chi connectivity index (χ0) is 13.4. The molecule has 2 atom stereocenters. The molecule has 0 bridgehead atoms. The minimum atomic E-state index is 0.164. The second-order valence-corrected chi connectivity index (χ2v) is 5.73. The molecule has 0 aromatic heterocycles. The molecule has 0 heterocycles. The molecular weight excluding hydrogens is 228 g/mol. The number of carbonyl (C=O) groups is 1. The van der Waals surface area contributed by atoms with Crippen LogP contribution in [0.2, 0.25) is 0 Å². The maximum atomic E-state index is 11.9. The Morgan fingerprint density at radius 3 is 2.89 bits per heavy atom. The molecule has 2 unspecified atom stereocenters. The zero-order valence-electron chi connectivity index (χ0n) is 11.8. The maximum Gasteiger partial charge on any atom is 0.223 e. The topological polar surface area (TPSA) is 64.3 Å². The lowest BCUT2D eigenvalue weighted by Gasteiger charge is -2.27. The molecule has 0 aromatic carbocycles. The molecule has 0 aliphatic heterocycles. The first-order valence-corrected chi connectivity index (χ1v) is 7.19. The molecule has 4 nitrogen and oxygen atoms in total. The van der Waals surface area contributed by atoms with Crippen LogP contribution in [0, 0.1) is 17.8 Å². The van der Waals surface area contributed by atoms with E-state index in [0.717, 1.165) is 25.9 Å². The monoisotopic (exact) mass is 256 g/mol. The Morgan fingerprint density at radius 1 is 1.44 bits per heavy atom. The van der Waals surface area contributed by atoms with Crippen molar-refractivity contribution in [2.24, 2.45) is 23.5 Å². The Labute approximate surface area is 111 Å². The lowest BCUT2D eigenvalue weighted by molar-refractivity contribution is -0.126. The van der Waals surface area contributed by atoms with E-state index in [-0.39, 0.29) is 11.8 Å². The molecule has 4 heteroatoms. The highest BCUT2D eigenvalue weighted by molar-refractivity contribution is 5.78. The van der Waals surface area contributed by atoms with Gasteiger partial charge in [-0.05, 0) is 37.6 Å². The summed E-state index contributed by atoms with van der Waals surface area (Å²) in [5.41, 5.74) is 5.68. The smallest absolute Gasteiger partial charge is 0.223 e. The van der Waals surface area contributed by atoms with E-state index in [0.29, 0.717) is 31.5 Å². The Hall–Kier alpha value is -0.610. The molecule has 18 heavy (non-hydrogen) atoms. The van der Waals surface area contributed by atoms with E-state index < -0.39 is 0 Å². The van der Waals surface area contributed by atoms with Gasteiger partial charge < -0.3 is 15.8 Å². The lowest BCUT2D eigenvalue weighted by Crippen LogP contribution is -2.36. The van der Waals surface area contributed by atoms with Crippen molar-refractivity contribution in [3.05, 3.63) is 0 Å². The number of rotatable bonds is 7. The number of ether oxygens (including phenoxy) is 1. The van der Waals surface area contributed by atoms with Crippen LogP contribution in [0.4, 0.5) is 0 Å². The third kappa shape index (κ3) is 5.83. The zero-order valence-corrected chi connectivity index (χ0v) is 11.8. The first kappa shape index (κ1) is 15.4. The van der Waals surface area contributed by atoms with Gasteiger partial charge in [0.1, 0.15) is 0 Å². The average Bonchev–Trinajstić information content (AvgIpc) is 2.37. The summed E-state index contributed by atoms with van der Waals surface area (Å²) in [6.45, 7) is 6.93. The second-order valence-electron chi connectivity index (χ2n) is 5.73. The van der Waals surface area contributed by atoms with Crippen LogP contribution in [-0.2, 0) is 9.53 Å².